The quantitative estimate of drug-likeness (QED) is 0.0261. The van der Waals surface area contributed by atoms with Crippen LogP contribution in [0.15, 0.2) is 36.5 Å². The van der Waals surface area contributed by atoms with Crippen molar-refractivity contribution in [1.82, 2.24) is 5.32 Å². The number of aliphatic hydroxyl groups is 5. The zero-order chi connectivity index (χ0) is 49.4. The Bertz CT molecular complexity index is 1160. The van der Waals surface area contributed by atoms with Gasteiger partial charge in [0.2, 0.25) is 5.91 Å². The van der Waals surface area contributed by atoms with E-state index in [-0.39, 0.29) is 12.5 Å². The van der Waals surface area contributed by atoms with E-state index in [4.69, 9.17) is 9.47 Å². The molecule has 9 heteroatoms. The molecule has 9 nitrogen and oxygen atoms in total. The molecule has 1 saturated heterocycles. The summed E-state index contributed by atoms with van der Waals surface area (Å²) in [5, 5.41) is 54.4. The van der Waals surface area contributed by atoms with Crippen LogP contribution in [0.2, 0.25) is 0 Å². The molecule has 1 fully saturated rings. The molecule has 0 saturated carbocycles. The molecule has 1 heterocycles. The average Bonchev–Trinajstić information content (AvgIpc) is 3.34. The lowest BCUT2D eigenvalue weighted by Crippen LogP contribution is -2.60. The fourth-order valence-electron chi connectivity index (χ4n) is 9.29. The van der Waals surface area contributed by atoms with E-state index in [1.54, 1.807) is 6.08 Å². The van der Waals surface area contributed by atoms with Gasteiger partial charge in [0.15, 0.2) is 6.29 Å². The number of carbonyl (C=O) groups excluding carboxylic acids is 1. The highest BCUT2D eigenvalue weighted by Crippen LogP contribution is 2.23. The van der Waals surface area contributed by atoms with Crippen LogP contribution in [0.4, 0.5) is 0 Å². The Labute approximate surface area is 419 Å². The normalized spacial score (nSPS) is 19.8. The van der Waals surface area contributed by atoms with Crippen LogP contribution in [0.5, 0.6) is 0 Å². The molecule has 1 aliphatic rings. The van der Waals surface area contributed by atoms with Crippen LogP contribution in [0.3, 0.4) is 0 Å². The van der Waals surface area contributed by atoms with Gasteiger partial charge in [0.25, 0.3) is 0 Å². The number of ether oxygens (including phenoxy) is 2. The van der Waals surface area contributed by atoms with Gasteiger partial charge in [-0.2, -0.15) is 0 Å². The van der Waals surface area contributed by atoms with Crippen molar-refractivity contribution >= 4 is 5.91 Å². The van der Waals surface area contributed by atoms with Crippen molar-refractivity contribution in [2.75, 3.05) is 13.2 Å². The van der Waals surface area contributed by atoms with Crippen molar-refractivity contribution in [3.63, 3.8) is 0 Å². The van der Waals surface area contributed by atoms with Gasteiger partial charge in [-0.1, -0.05) is 249 Å². The number of nitrogens with one attached hydrogen (secondary N) is 1. The maximum Gasteiger partial charge on any atom is 0.220 e. The third kappa shape index (κ3) is 38.1. The van der Waals surface area contributed by atoms with Gasteiger partial charge in [0.1, 0.15) is 24.4 Å². The highest BCUT2D eigenvalue weighted by molar-refractivity contribution is 5.76. The Kier molecular flexibility index (Phi) is 46.4. The molecule has 0 aromatic carbocycles. The van der Waals surface area contributed by atoms with Gasteiger partial charge in [0, 0.05) is 6.42 Å². The van der Waals surface area contributed by atoms with E-state index < -0.39 is 49.5 Å². The Balaban J connectivity index is 2.18. The van der Waals surface area contributed by atoms with Crippen LogP contribution < -0.4 is 5.32 Å². The number of amides is 1. The SMILES string of the molecule is CCCCCCCCCCCC/C=C/CC/C=C/C(O)C(COC1OC(CO)C(O)C(O)C1O)NC(=O)CCCCCCCCCCCCCCC/C=C\CCCCCCCCCCCCCC. The first kappa shape index (κ1) is 64.4. The van der Waals surface area contributed by atoms with Gasteiger partial charge < -0.3 is 40.3 Å². The van der Waals surface area contributed by atoms with Crippen molar-refractivity contribution in [2.45, 2.75) is 320 Å². The van der Waals surface area contributed by atoms with Crippen LogP contribution in [-0.4, -0.2) is 87.5 Å². The number of hydrogen-bond acceptors (Lipinski definition) is 8. The molecule has 6 N–H and O–H groups in total. The third-order valence-corrected chi connectivity index (χ3v) is 13.9. The van der Waals surface area contributed by atoms with Crippen LogP contribution in [0.25, 0.3) is 0 Å². The van der Waals surface area contributed by atoms with E-state index in [0.29, 0.717) is 6.42 Å². The maximum absolute atomic E-state index is 13.0. The molecule has 7 unspecified atom stereocenters. The number of aliphatic hydroxyl groups excluding tert-OH is 5. The summed E-state index contributed by atoms with van der Waals surface area (Å²) in [5.74, 6) is -0.184. The topological polar surface area (TPSA) is 149 Å². The molecule has 1 rings (SSSR count). The predicted octanol–water partition coefficient (Wildman–Crippen LogP) is 14.4. The minimum absolute atomic E-state index is 0.184. The standard InChI is InChI=1S/C59H111NO8/c1-3-5-7-9-11-13-15-17-19-21-22-23-24-25-26-27-28-29-30-31-32-33-35-37-39-41-43-45-47-49-55(63)60-52(51-67-59-58(66)57(65)56(64)54(50-61)68-59)53(62)48-46-44-42-40-38-36-34-20-18-16-14-12-10-8-6-4-2/h25-26,38,40,46,48,52-54,56-59,61-62,64-66H,3-24,27-37,39,41-45,47,49-51H2,1-2H3,(H,60,63)/b26-25-,40-38+,48-46+. The highest BCUT2D eigenvalue weighted by atomic mass is 16.7. The smallest absolute Gasteiger partial charge is 0.220 e. The summed E-state index contributed by atoms with van der Waals surface area (Å²) in [6, 6.07) is -0.821. The van der Waals surface area contributed by atoms with E-state index in [9.17, 15) is 30.3 Å². The van der Waals surface area contributed by atoms with Crippen molar-refractivity contribution in [1.29, 1.82) is 0 Å². The Morgan fingerprint density at radius 1 is 0.485 bits per heavy atom. The number of hydrogen-bond donors (Lipinski definition) is 6. The second kappa shape index (κ2) is 49.0. The molecular formula is C59H111NO8. The summed E-state index contributed by atoms with van der Waals surface area (Å²) in [7, 11) is 0. The van der Waals surface area contributed by atoms with E-state index in [1.807, 2.05) is 6.08 Å². The van der Waals surface area contributed by atoms with Crippen molar-refractivity contribution in [3.05, 3.63) is 36.5 Å². The number of allylic oxidation sites excluding steroid dienone is 5. The van der Waals surface area contributed by atoms with E-state index in [0.717, 1.165) is 38.5 Å². The minimum atomic E-state index is -1.57. The molecule has 1 amide bonds. The second-order valence-electron chi connectivity index (χ2n) is 20.4. The van der Waals surface area contributed by atoms with Crippen molar-refractivity contribution in [3.8, 4) is 0 Å². The molecular weight excluding hydrogens is 851 g/mol. The number of unbranched alkanes of at least 4 members (excludes halogenated alkanes) is 36. The Hall–Kier alpha value is -1.59. The molecule has 0 bridgehead atoms. The van der Waals surface area contributed by atoms with Crippen LogP contribution in [-0.2, 0) is 14.3 Å². The lowest BCUT2D eigenvalue weighted by atomic mass is 9.99. The van der Waals surface area contributed by atoms with Crippen LogP contribution >= 0.6 is 0 Å². The summed E-state index contributed by atoms with van der Waals surface area (Å²) in [4.78, 5) is 13.0. The monoisotopic (exact) mass is 962 g/mol. The van der Waals surface area contributed by atoms with Crippen molar-refractivity contribution < 1.29 is 39.8 Å². The third-order valence-electron chi connectivity index (χ3n) is 13.9. The maximum atomic E-state index is 13.0. The fraction of sp³-hybridized carbons (Fsp3) is 0.881. The van der Waals surface area contributed by atoms with Crippen molar-refractivity contribution in [2.24, 2.45) is 0 Å². The van der Waals surface area contributed by atoms with Gasteiger partial charge in [-0.25, -0.2) is 0 Å². The zero-order valence-electron chi connectivity index (χ0n) is 44.4. The first-order valence-corrected chi connectivity index (χ1v) is 29.2. The zero-order valence-corrected chi connectivity index (χ0v) is 44.4. The largest absolute Gasteiger partial charge is 0.394 e. The molecule has 0 spiro atoms. The lowest BCUT2D eigenvalue weighted by Gasteiger charge is -2.40. The van der Waals surface area contributed by atoms with E-state index in [1.165, 1.54) is 218 Å². The molecule has 0 aromatic rings. The average molecular weight is 963 g/mol. The van der Waals surface area contributed by atoms with Gasteiger partial charge >= 0.3 is 0 Å². The minimum Gasteiger partial charge on any atom is -0.394 e. The Morgan fingerprint density at radius 3 is 1.24 bits per heavy atom. The van der Waals surface area contributed by atoms with E-state index >= 15 is 0 Å². The van der Waals surface area contributed by atoms with E-state index in [2.05, 4.69) is 43.5 Å². The fourth-order valence-corrected chi connectivity index (χ4v) is 9.29. The van der Waals surface area contributed by atoms with Gasteiger partial charge in [-0.15, -0.1) is 0 Å². The molecule has 0 aliphatic carbocycles. The predicted molar refractivity (Wildman–Crippen MR) is 286 cm³/mol. The molecule has 68 heavy (non-hydrogen) atoms. The second-order valence-corrected chi connectivity index (χ2v) is 20.4. The number of rotatable bonds is 50. The summed E-state index contributed by atoms with van der Waals surface area (Å²) >= 11 is 0. The molecule has 0 radical (unpaired) electrons. The summed E-state index contributed by atoms with van der Waals surface area (Å²) in [6.07, 6.45) is 56.5. The van der Waals surface area contributed by atoms with Gasteiger partial charge in [0.05, 0.1) is 25.4 Å². The number of carbonyl (C=O) groups is 1. The first-order chi connectivity index (χ1) is 33.3. The van der Waals surface area contributed by atoms with Crippen LogP contribution in [0, 0.1) is 0 Å². The Morgan fingerprint density at radius 2 is 0.838 bits per heavy atom. The lowest BCUT2D eigenvalue weighted by molar-refractivity contribution is -0.302. The van der Waals surface area contributed by atoms with Gasteiger partial charge in [-0.3, -0.25) is 4.79 Å². The summed E-state index contributed by atoms with van der Waals surface area (Å²) in [6.45, 7) is 3.78. The van der Waals surface area contributed by atoms with Gasteiger partial charge in [-0.05, 0) is 57.8 Å². The van der Waals surface area contributed by atoms with Crippen LogP contribution in [0.1, 0.15) is 277 Å². The summed E-state index contributed by atoms with van der Waals surface area (Å²) < 4.78 is 11.2. The molecule has 7 atom stereocenters. The molecule has 1 aliphatic heterocycles. The molecule has 400 valence electrons. The summed E-state index contributed by atoms with van der Waals surface area (Å²) in [5.41, 5.74) is 0. The molecule has 0 aromatic heterocycles. The highest BCUT2D eigenvalue weighted by Gasteiger charge is 2.44. The first-order valence-electron chi connectivity index (χ1n) is 29.2.